The van der Waals surface area contributed by atoms with Crippen LogP contribution >= 0.6 is 0 Å². The summed E-state index contributed by atoms with van der Waals surface area (Å²) in [6, 6.07) is 12.5. The SMILES string of the molecule is Nc1nc(CN2CCN(c3ccc([N+](=O)[O-])cc3)CC2)nc(Nc2ccc(F)cc2)n1. The largest absolute Gasteiger partial charge is 0.369 e. The number of nitrogens with two attached hydrogens (primary N) is 1. The minimum absolute atomic E-state index is 0.0832. The first-order valence-corrected chi connectivity index (χ1v) is 9.71. The summed E-state index contributed by atoms with van der Waals surface area (Å²) in [5.41, 5.74) is 7.53. The minimum Gasteiger partial charge on any atom is -0.369 e. The lowest BCUT2D eigenvalue weighted by molar-refractivity contribution is -0.384. The van der Waals surface area contributed by atoms with Gasteiger partial charge in [-0.15, -0.1) is 0 Å². The van der Waals surface area contributed by atoms with Crippen LogP contribution in [-0.4, -0.2) is 51.0 Å². The van der Waals surface area contributed by atoms with Gasteiger partial charge in [-0.25, -0.2) is 4.39 Å². The highest BCUT2D eigenvalue weighted by molar-refractivity contribution is 5.53. The van der Waals surface area contributed by atoms with Crippen molar-refractivity contribution < 1.29 is 9.31 Å². The van der Waals surface area contributed by atoms with Gasteiger partial charge in [0.05, 0.1) is 11.5 Å². The number of non-ortho nitro benzene ring substituents is 1. The molecule has 0 amide bonds. The van der Waals surface area contributed by atoms with Crippen LogP contribution in [0.15, 0.2) is 48.5 Å². The fourth-order valence-electron chi connectivity index (χ4n) is 3.38. The molecule has 0 spiro atoms. The molecule has 3 aromatic rings. The van der Waals surface area contributed by atoms with Crippen LogP contribution < -0.4 is 16.0 Å². The molecule has 10 nitrogen and oxygen atoms in total. The standard InChI is InChI=1S/C20H21FN8O2/c21-14-1-3-15(4-2-14)23-20-25-18(24-19(22)26-20)13-27-9-11-28(12-10-27)16-5-7-17(8-6-16)29(30)31/h1-8H,9-13H2,(H3,22,23,24,25,26). The quantitative estimate of drug-likeness (QED) is 0.453. The molecule has 3 N–H and O–H groups in total. The zero-order chi connectivity index (χ0) is 21.8. The van der Waals surface area contributed by atoms with Crippen LogP contribution in [0, 0.1) is 15.9 Å². The van der Waals surface area contributed by atoms with E-state index in [1.54, 1.807) is 24.3 Å². The Morgan fingerprint density at radius 1 is 1.00 bits per heavy atom. The predicted octanol–water partition coefficient (Wildman–Crippen LogP) is 2.57. The normalized spacial score (nSPS) is 14.4. The van der Waals surface area contributed by atoms with Crippen molar-refractivity contribution in [3.63, 3.8) is 0 Å². The van der Waals surface area contributed by atoms with E-state index in [0.29, 0.717) is 24.0 Å². The number of piperazine rings is 1. The van der Waals surface area contributed by atoms with Crippen LogP contribution in [0.1, 0.15) is 5.82 Å². The summed E-state index contributed by atoms with van der Waals surface area (Å²) in [6.07, 6.45) is 0. The molecular weight excluding hydrogens is 403 g/mol. The lowest BCUT2D eigenvalue weighted by Crippen LogP contribution is -2.46. The van der Waals surface area contributed by atoms with Crippen molar-refractivity contribution in [2.24, 2.45) is 0 Å². The monoisotopic (exact) mass is 424 g/mol. The average Bonchev–Trinajstić information content (AvgIpc) is 2.76. The maximum atomic E-state index is 13.1. The van der Waals surface area contributed by atoms with Gasteiger partial charge in [0.15, 0.2) is 0 Å². The number of hydrogen-bond donors (Lipinski definition) is 2. The summed E-state index contributed by atoms with van der Waals surface area (Å²) in [5, 5.41) is 13.8. The van der Waals surface area contributed by atoms with Crippen molar-refractivity contribution in [1.82, 2.24) is 19.9 Å². The Bertz CT molecular complexity index is 1050. The Morgan fingerprint density at radius 2 is 1.68 bits per heavy atom. The molecule has 0 unspecified atom stereocenters. The lowest BCUT2D eigenvalue weighted by Gasteiger charge is -2.35. The van der Waals surface area contributed by atoms with Crippen molar-refractivity contribution >= 4 is 29.0 Å². The van der Waals surface area contributed by atoms with E-state index in [1.165, 1.54) is 24.3 Å². The van der Waals surface area contributed by atoms with Gasteiger partial charge < -0.3 is 16.0 Å². The third kappa shape index (κ3) is 5.20. The number of nitro benzene ring substituents is 1. The minimum atomic E-state index is -0.401. The van der Waals surface area contributed by atoms with Gasteiger partial charge in [-0.1, -0.05) is 0 Å². The molecular formula is C20H21FN8O2. The maximum absolute atomic E-state index is 13.1. The van der Waals surface area contributed by atoms with Crippen LogP contribution in [0.25, 0.3) is 0 Å². The molecule has 0 atom stereocenters. The van der Waals surface area contributed by atoms with Gasteiger partial charge in [-0.3, -0.25) is 15.0 Å². The lowest BCUT2D eigenvalue weighted by atomic mass is 10.2. The number of anilines is 4. The van der Waals surface area contributed by atoms with Gasteiger partial charge in [-0.2, -0.15) is 15.0 Å². The number of aromatic nitrogens is 3. The molecule has 2 aromatic carbocycles. The fourth-order valence-corrected chi connectivity index (χ4v) is 3.38. The number of nitro groups is 1. The molecule has 31 heavy (non-hydrogen) atoms. The first-order valence-electron chi connectivity index (χ1n) is 9.71. The van der Waals surface area contributed by atoms with Crippen LogP contribution in [0.3, 0.4) is 0 Å². The van der Waals surface area contributed by atoms with E-state index in [0.717, 1.165) is 31.9 Å². The second-order valence-corrected chi connectivity index (χ2v) is 7.10. The van der Waals surface area contributed by atoms with Gasteiger partial charge in [-0.05, 0) is 36.4 Å². The summed E-state index contributed by atoms with van der Waals surface area (Å²) in [6.45, 7) is 3.63. The Kier molecular flexibility index (Phi) is 5.85. The van der Waals surface area contributed by atoms with E-state index >= 15 is 0 Å². The number of nitrogen functional groups attached to an aromatic ring is 1. The maximum Gasteiger partial charge on any atom is 0.269 e. The number of hydrogen-bond acceptors (Lipinski definition) is 9. The number of nitrogens with zero attached hydrogens (tertiary/aromatic N) is 6. The summed E-state index contributed by atoms with van der Waals surface area (Å²) >= 11 is 0. The molecule has 11 heteroatoms. The summed E-state index contributed by atoms with van der Waals surface area (Å²) in [4.78, 5) is 27.5. The number of nitrogens with one attached hydrogen (secondary N) is 1. The van der Waals surface area contributed by atoms with E-state index in [2.05, 4.69) is 30.1 Å². The Balaban J connectivity index is 1.36. The number of benzene rings is 2. The van der Waals surface area contributed by atoms with Gasteiger partial charge in [0, 0.05) is 49.7 Å². The topological polar surface area (TPSA) is 126 Å². The molecule has 1 fully saturated rings. The zero-order valence-corrected chi connectivity index (χ0v) is 16.6. The van der Waals surface area contributed by atoms with Crippen LogP contribution in [0.5, 0.6) is 0 Å². The van der Waals surface area contributed by atoms with Crippen molar-refractivity contribution in [1.29, 1.82) is 0 Å². The smallest absolute Gasteiger partial charge is 0.269 e. The van der Waals surface area contributed by atoms with Gasteiger partial charge in [0.1, 0.15) is 11.6 Å². The van der Waals surface area contributed by atoms with Crippen LogP contribution in [-0.2, 0) is 6.54 Å². The first kappa shape index (κ1) is 20.4. The highest BCUT2D eigenvalue weighted by atomic mass is 19.1. The highest BCUT2D eigenvalue weighted by Crippen LogP contribution is 2.21. The highest BCUT2D eigenvalue weighted by Gasteiger charge is 2.19. The molecule has 1 aliphatic rings. The van der Waals surface area contributed by atoms with Crippen molar-refractivity contribution in [3.8, 4) is 0 Å². The average molecular weight is 424 g/mol. The molecule has 0 bridgehead atoms. The van der Waals surface area contributed by atoms with E-state index in [1.807, 2.05) is 0 Å². The molecule has 0 saturated carbocycles. The summed E-state index contributed by atoms with van der Waals surface area (Å²) in [5.74, 6) is 0.632. The molecule has 160 valence electrons. The molecule has 2 heterocycles. The molecule has 4 rings (SSSR count). The van der Waals surface area contributed by atoms with Gasteiger partial charge >= 0.3 is 0 Å². The predicted molar refractivity (Wildman–Crippen MR) is 115 cm³/mol. The van der Waals surface area contributed by atoms with Gasteiger partial charge in [0.2, 0.25) is 11.9 Å². The Labute approximate surface area is 177 Å². The number of rotatable bonds is 6. The van der Waals surface area contributed by atoms with Crippen molar-refractivity contribution in [3.05, 3.63) is 70.3 Å². The number of halogens is 1. The fraction of sp³-hybridized carbons (Fsp3) is 0.250. The molecule has 1 aromatic heterocycles. The third-order valence-corrected chi connectivity index (χ3v) is 4.96. The molecule has 1 saturated heterocycles. The third-order valence-electron chi connectivity index (χ3n) is 4.96. The second-order valence-electron chi connectivity index (χ2n) is 7.10. The van der Waals surface area contributed by atoms with E-state index in [-0.39, 0.29) is 17.5 Å². The van der Waals surface area contributed by atoms with E-state index in [9.17, 15) is 14.5 Å². The first-order chi connectivity index (χ1) is 15.0. The van der Waals surface area contributed by atoms with Crippen molar-refractivity contribution in [2.45, 2.75) is 6.54 Å². The van der Waals surface area contributed by atoms with Gasteiger partial charge in [0.25, 0.3) is 5.69 Å². The zero-order valence-electron chi connectivity index (χ0n) is 16.6. The Morgan fingerprint density at radius 3 is 2.32 bits per heavy atom. The molecule has 1 aliphatic heterocycles. The van der Waals surface area contributed by atoms with Crippen LogP contribution in [0.2, 0.25) is 0 Å². The van der Waals surface area contributed by atoms with Crippen LogP contribution in [0.4, 0.5) is 33.3 Å². The summed E-state index contributed by atoms with van der Waals surface area (Å²) < 4.78 is 13.1. The van der Waals surface area contributed by atoms with Crippen molar-refractivity contribution in [2.75, 3.05) is 42.1 Å². The summed E-state index contributed by atoms with van der Waals surface area (Å²) in [7, 11) is 0. The second kappa shape index (κ2) is 8.88. The molecule has 0 aliphatic carbocycles. The molecule has 0 radical (unpaired) electrons. The van der Waals surface area contributed by atoms with E-state index < -0.39 is 4.92 Å². The van der Waals surface area contributed by atoms with E-state index in [4.69, 9.17) is 5.73 Å². The Hall–Kier alpha value is -3.86.